The molecule has 2 aromatic rings. The molecule has 1 aliphatic rings. The quantitative estimate of drug-likeness (QED) is 0.755. The molecular formula is C20H18F3NO3S. The Morgan fingerprint density at radius 1 is 1.25 bits per heavy atom. The van der Waals surface area contributed by atoms with Gasteiger partial charge >= 0.3 is 6.18 Å². The summed E-state index contributed by atoms with van der Waals surface area (Å²) in [5, 5.41) is 12.2. The van der Waals surface area contributed by atoms with E-state index < -0.39 is 41.1 Å². The molecule has 8 heteroatoms. The van der Waals surface area contributed by atoms with Gasteiger partial charge in [0, 0.05) is 16.5 Å². The summed E-state index contributed by atoms with van der Waals surface area (Å²) in [5.74, 6) is -2.51. The van der Waals surface area contributed by atoms with Crippen molar-refractivity contribution in [2.24, 2.45) is 5.92 Å². The molecule has 148 valence electrons. The zero-order chi connectivity index (χ0) is 20.8. The van der Waals surface area contributed by atoms with Crippen LogP contribution < -0.4 is 4.90 Å². The number of aryl methyl sites for hydroxylation is 1. The van der Waals surface area contributed by atoms with Gasteiger partial charge in [-0.25, -0.2) is 0 Å². The zero-order valence-electron chi connectivity index (χ0n) is 15.4. The molecule has 0 saturated carbocycles. The van der Waals surface area contributed by atoms with Gasteiger partial charge < -0.3 is 5.11 Å². The van der Waals surface area contributed by atoms with Crippen molar-refractivity contribution in [3.8, 4) is 0 Å². The molecular weight excluding hydrogens is 391 g/mol. The number of rotatable bonds is 4. The van der Waals surface area contributed by atoms with Crippen LogP contribution in [-0.4, -0.2) is 16.8 Å². The highest BCUT2D eigenvalue weighted by Crippen LogP contribution is 2.45. The van der Waals surface area contributed by atoms with Gasteiger partial charge in [0.25, 0.3) is 5.91 Å². The number of hydrogen-bond donors (Lipinski definition) is 1. The van der Waals surface area contributed by atoms with Crippen LogP contribution in [-0.2, 0) is 15.8 Å². The Kier molecular flexibility index (Phi) is 5.10. The predicted molar refractivity (Wildman–Crippen MR) is 100 cm³/mol. The summed E-state index contributed by atoms with van der Waals surface area (Å²) in [4.78, 5) is 27.3. The topological polar surface area (TPSA) is 57.6 Å². The number of benzene rings is 1. The van der Waals surface area contributed by atoms with Gasteiger partial charge in [-0.15, -0.1) is 11.3 Å². The van der Waals surface area contributed by atoms with E-state index in [0.717, 1.165) is 22.6 Å². The lowest BCUT2D eigenvalue weighted by atomic mass is 9.93. The third kappa shape index (κ3) is 3.32. The van der Waals surface area contributed by atoms with E-state index in [1.165, 1.54) is 23.5 Å². The van der Waals surface area contributed by atoms with E-state index in [9.17, 15) is 27.9 Å². The molecule has 1 N–H and O–H groups in total. The second-order valence-electron chi connectivity index (χ2n) is 6.87. The smallest absolute Gasteiger partial charge is 0.416 e. The number of carbonyl (C=O) groups excluding carboxylic acids is 2. The number of thiophene rings is 1. The summed E-state index contributed by atoms with van der Waals surface area (Å²) >= 11 is 1.28. The Morgan fingerprint density at radius 2 is 1.93 bits per heavy atom. The molecule has 0 spiro atoms. The van der Waals surface area contributed by atoms with Crippen molar-refractivity contribution in [3.63, 3.8) is 0 Å². The van der Waals surface area contributed by atoms with E-state index in [0.29, 0.717) is 4.88 Å². The number of nitrogens with zero attached hydrogens (tertiary/aromatic N) is 1. The lowest BCUT2D eigenvalue weighted by Crippen LogP contribution is -2.31. The van der Waals surface area contributed by atoms with Crippen LogP contribution in [0.15, 0.2) is 47.0 Å². The van der Waals surface area contributed by atoms with Crippen LogP contribution in [0.1, 0.15) is 35.9 Å². The molecule has 3 rings (SSSR count). The standard InChI is InChI=1S/C20H18F3NO3S/c1-10(2)16(25)14-15(18-11(3)7-8-28-18)24(19(27)17(14)26)13-6-4-5-12(9-13)20(21,22)23/h4-10,15,26H,1-3H3. The van der Waals surface area contributed by atoms with E-state index in [1.54, 1.807) is 32.2 Å². The minimum atomic E-state index is -4.58. The molecule has 0 radical (unpaired) electrons. The van der Waals surface area contributed by atoms with Gasteiger partial charge in [-0.05, 0) is 42.1 Å². The van der Waals surface area contributed by atoms with E-state index in [1.807, 2.05) is 0 Å². The average molecular weight is 409 g/mol. The van der Waals surface area contributed by atoms with Gasteiger partial charge in [-0.3, -0.25) is 14.5 Å². The number of aliphatic hydroxyl groups is 1. The monoisotopic (exact) mass is 409 g/mol. The van der Waals surface area contributed by atoms with Crippen LogP contribution in [0.4, 0.5) is 18.9 Å². The first-order valence-electron chi connectivity index (χ1n) is 8.56. The molecule has 1 unspecified atom stereocenters. The Bertz CT molecular complexity index is 975. The molecule has 0 fully saturated rings. The first-order valence-corrected chi connectivity index (χ1v) is 9.44. The number of hydrogen-bond acceptors (Lipinski definition) is 4. The molecule has 0 aliphatic carbocycles. The van der Waals surface area contributed by atoms with Crippen molar-refractivity contribution < 1.29 is 27.9 Å². The van der Waals surface area contributed by atoms with Crippen molar-refractivity contribution in [2.45, 2.75) is 33.0 Å². The van der Waals surface area contributed by atoms with Crippen molar-refractivity contribution in [3.05, 3.63) is 63.0 Å². The third-order valence-electron chi connectivity index (χ3n) is 4.60. The van der Waals surface area contributed by atoms with Crippen LogP contribution in [0.3, 0.4) is 0 Å². The molecule has 0 saturated heterocycles. The molecule has 0 bridgehead atoms. The number of amides is 1. The van der Waals surface area contributed by atoms with Crippen LogP contribution >= 0.6 is 11.3 Å². The number of alkyl halides is 3. The summed E-state index contributed by atoms with van der Waals surface area (Å²) < 4.78 is 39.5. The van der Waals surface area contributed by atoms with E-state index in [2.05, 4.69) is 0 Å². The minimum absolute atomic E-state index is 0.0317. The molecule has 1 atom stereocenters. The lowest BCUT2D eigenvalue weighted by Gasteiger charge is -2.27. The molecule has 28 heavy (non-hydrogen) atoms. The summed E-state index contributed by atoms with van der Waals surface area (Å²) in [6, 6.07) is 5.14. The van der Waals surface area contributed by atoms with Gasteiger partial charge in [-0.2, -0.15) is 13.2 Å². The van der Waals surface area contributed by atoms with Crippen LogP contribution in [0.25, 0.3) is 0 Å². The SMILES string of the molecule is Cc1ccsc1C1C(C(=O)C(C)C)=C(O)C(=O)N1c1cccc(C(F)(F)F)c1. The normalized spacial score (nSPS) is 17.8. The zero-order valence-corrected chi connectivity index (χ0v) is 16.2. The molecule has 1 aliphatic heterocycles. The number of ketones is 1. The number of anilines is 1. The van der Waals surface area contributed by atoms with Gasteiger partial charge in [-0.1, -0.05) is 19.9 Å². The maximum atomic E-state index is 13.2. The Labute approximate surface area is 163 Å². The number of halogens is 3. The molecule has 1 aromatic heterocycles. The molecule has 4 nitrogen and oxygen atoms in total. The maximum Gasteiger partial charge on any atom is 0.416 e. The first-order chi connectivity index (χ1) is 13.0. The highest BCUT2D eigenvalue weighted by atomic mass is 32.1. The Hall–Kier alpha value is -2.61. The lowest BCUT2D eigenvalue weighted by molar-refractivity contribution is -0.137. The fraction of sp³-hybridized carbons (Fsp3) is 0.300. The van der Waals surface area contributed by atoms with Gasteiger partial charge in [0.1, 0.15) is 6.04 Å². The largest absolute Gasteiger partial charge is 0.503 e. The summed E-state index contributed by atoms with van der Waals surface area (Å²) in [5.41, 5.74) is -0.246. The maximum absolute atomic E-state index is 13.2. The number of carbonyl (C=O) groups is 2. The highest BCUT2D eigenvalue weighted by molar-refractivity contribution is 7.10. The van der Waals surface area contributed by atoms with Crippen molar-refractivity contribution in [1.82, 2.24) is 0 Å². The Morgan fingerprint density at radius 3 is 2.46 bits per heavy atom. The van der Waals surface area contributed by atoms with Crippen LogP contribution in [0.5, 0.6) is 0 Å². The van der Waals surface area contributed by atoms with Crippen molar-refractivity contribution >= 4 is 28.7 Å². The van der Waals surface area contributed by atoms with Crippen LogP contribution in [0, 0.1) is 12.8 Å². The van der Waals surface area contributed by atoms with Crippen molar-refractivity contribution in [2.75, 3.05) is 4.90 Å². The van der Waals surface area contributed by atoms with Gasteiger partial charge in [0.05, 0.1) is 11.1 Å². The van der Waals surface area contributed by atoms with E-state index in [4.69, 9.17) is 0 Å². The fourth-order valence-electron chi connectivity index (χ4n) is 3.18. The molecule has 1 amide bonds. The van der Waals surface area contributed by atoms with Gasteiger partial charge in [0.15, 0.2) is 11.5 Å². The Balaban J connectivity index is 2.20. The third-order valence-corrected chi connectivity index (χ3v) is 5.67. The van der Waals surface area contributed by atoms with Gasteiger partial charge in [0.2, 0.25) is 0 Å². The average Bonchev–Trinajstić information content (AvgIpc) is 3.15. The number of Topliss-reactive ketones (excluding diaryl/α,β-unsaturated/α-hetero) is 1. The predicted octanol–water partition coefficient (Wildman–Crippen LogP) is 5.20. The fourth-order valence-corrected chi connectivity index (χ4v) is 4.20. The minimum Gasteiger partial charge on any atom is -0.503 e. The first kappa shape index (κ1) is 20.1. The van der Waals surface area contributed by atoms with Crippen molar-refractivity contribution in [1.29, 1.82) is 0 Å². The van der Waals surface area contributed by atoms with Crippen LogP contribution in [0.2, 0.25) is 0 Å². The second-order valence-corrected chi connectivity index (χ2v) is 7.82. The molecule has 1 aromatic carbocycles. The van der Waals surface area contributed by atoms with E-state index >= 15 is 0 Å². The highest BCUT2D eigenvalue weighted by Gasteiger charge is 2.46. The summed E-state index contributed by atoms with van der Waals surface area (Å²) in [7, 11) is 0. The summed E-state index contributed by atoms with van der Waals surface area (Å²) in [6.45, 7) is 5.06. The second kappa shape index (κ2) is 7.09. The molecule has 2 heterocycles. The number of aliphatic hydroxyl groups excluding tert-OH is 1. The van der Waals surface area contributed by atoms with E-state index in [-0.39, 0.29) is 11.3 Å². The summed E-state index contributed by atoms with van der Waals surface area (Å²) in [6.07, 6.45) is -4.58.